The van der Waals surface area contributed by atoms with Crippen LogP contribution >= 0.6 is 15.9 Å². The number of ether oxygens (including phenoxy) is 1. The predicted molar refractivity (Wildman–Crippen MR) is 96.5 cm³/mol. The monoisotopic (exact) mass is 390 g/mol. The summed E-state index contributed by atoms with van der Waals surface area (Å²) >= 11 is 3.35. The minimum absolute atomic E-state index is 0.110. The van der Waals surface area contributed by atoms with E-state index in [0.29, 0.717) is 40.2 Å². The highest BCUT2D eigenvalue weighted by Crippen LogP contribution is 2.27. The molecule has 1 aromatic heterocycles. The Balaban J connectivity index is 2.05. The molecular weight excluding hydrogens is 375 g/mol. The minimum atomic E-state index is -0.329. The Morgan fingerprint density at radius 3 is 2.62 bits per heavy atom. The normalized spacial score (nSPS) is 11.0. The predicted octanol–water partition coefficient (Wildman–Crippen LogP) is 5.07. The summed E-state index contributed by atoms with van der Waals surface area (Å²) in [4.78, 5) is 12.7. The standard InChI is InChI=1S/C19H16BrFO3/c1-12-18(22)16-11-15(23-10-2-9-20)7-8-17(16)24-19(12)13-3-5-14(21)6-4-13/h3-8,11H,2,9-10H2,1H3. The Bertz CT molecular complexity index is 916. The first-order valence-electron chi connectivity index (χ1n) is 7.62. The van der Waals surface area contributed by atoms with Gasteiger partial charge in [0.25, 0.3) is 0 Å². The fourth-order valence-corrected chi connectivity index (χ4v) is 2.71. The maximum Gasteiger partial charge on any atom is 0.196 e. The molecule has 5 heteroatoms. The summed E-state index contributed by atoms with van der Waals surface area (Å²) in [7, 11) is 0. The highest BCUT2D eigenvalue weighted by atomic mass is 79.9. The topological polar surface area (TPSA) is 39.4 Å². The molecule has 0 saturated heterocycles. The van der Waals surface area contributed by atoms with Crippen molar-refractivity contribution in [2.45, 2.75) is 13.3 Å². The smallest absolute Gasteiger partial charge is 0.196 e. The van der Waals surface area contributed by atoms with Crippen LogP contribution in [-0.4, -0.2) is 11.9 Å². The molecule has 0 aliphatic carbocycles. The zero-order valence-electron chi connectivity index (χ0n) is 13.1. The Labute approximate surface area is 147 Å². The molecule has 124 valence electrons. The van der Waals surface area contributed by atoms with Gasteiger partial charge < -0.3 is 9.15 Å². The molecule has 0 saturated carbocycles. The maximum absolute atomic E-state index is 13.1. The first kappa shape index (κ1) is 16.7. The third-order valence-electron chi connectivity index (χ3n) is 3.74. The van der Waals surface area contributed by atoms with E-state index >= 15 is 0 Å². The SMILES string of the molecule is Cc1c(-c2ccc(F)cc2)oc2ccc(OCCCBr)cc2c1=O. The van der Waals surface area contributed by atoms with E-state index in [2.05, 4.69) is 15.9 Å². The molecule has 1 heterocycles. The average molecular weight is 391 g/mol. The van der Waals surface area contributed by atoms with Gasteiger partial charge in [0.15, 0.2) is 5.43 Å². The minimum Gasteiger partial charge on any atom is -0.494 e. The molecule has 3 rings (SSSR count). The van der Waals surface area contributed by atoms with Crippen LogP contribution in [0, 0.1) is 12.7 Å². The van der Waals surface area contributed by atoms with Crippen LogP contribution < -0.4 is 10.2 Å². The van der Waals surface area contributed by atoms with E-state index in [1.54, 1.807) is 37.3 Å². The van der Waals surface area contributed by atoms with E-state index in [1.807, 2.05) is 0 Å². The molecule has 0 atom stereocenters. The van der Waals surface area contributed by atoms with Gasteiger partial charge in [0.1, 0.15) is 22.9 Å². The second-order valence-electron chi connectivity index (χ2n) is 5.44. The largest absolute Gasteiger partial charge is 0.494 e. The van der Waals surface area contributed by atoms with Gasteiger partial charge in [0.05, 0.1) is 12.0 Å². The lowest BCUT2D eigenvalue weighted by molar-refractivity contribution is 0.319. The average Bonchev–Trinajstić information content (AvgIpc) is 2.59. The molecule has 3 nitrogen and oxygen atoms in total. The highest BCUT2D eigenvalue weighted by Gasteiger charge is 2.13. The zero-order valence-corrected chi connectivity index (χ0v) is 14.7. The van der Waals surface area contributed by atoms with Crippen molar-refractivity contribution in [2.24, 2.45) is 0 Å². The molecule has 0 bridgehead atoms. The molecule has 0 unspecified atom stereocenters. The number of fused-ring (bicyclic) bond motifs is 1. The fourth-order valence-electron chi connectivity index (χ4n) is 2.48. The summed E-state index contributed by atoms with van der Waals surface area (Å²) < 4.78 is 24.6. The molecule has 0 aliphatic rings. The Morgan fingerprint density at radius 1 is 1.17 bits per heavy atom. The van der Waals surface area contributed by atoms with Crippen molar-refractivity contribution in [3.63, 3.8) is 0 Å². The van der Waals surface area contributed by atoms with E-state index < -0.39 is 0 Å². The molecule has 0 spiro atoms. The van der Waals surface area contributed by atoms with E-state index in [4.69, 9.17) is 9.15 Å². The lowest BCUT2D eigenvalue weighted by atomic mass is 10.1. The van der Waals surface area contributed by atoms with E-state index in [0.717, 1.165) is 11.8 Å². The Morgan fingerprint density at radius 2 is 1.92 bits per heavy atom. The number of benzene rings is 2. The van der Waals surface area contributed by atoms with Crippen molar-refractivity contribution in [3.05, 3.63) is 64.1 Å². The summed E-state index contributed by atoms with van der Waals surface area (Å²) in [5.41, 5.74) is 1.54. The summed E-state index contributed by atoms with van der Waals surface area (Å²) in [5.74, 6) is 0.773. The van der Waals surface area contributed by atoms with Gasteiger partial charge in [0.2, 0.25) is 0 Å². The van der Waals surface area contributed by atoms with Crippen LogP contribution in [0.15, 0.2) is 51.7 Å². The number of hydrogen-bond acceptors (Lipinski definition) is 3. The molecule has 0 aliphatic heterocycles. The van der Waals surface area contributed by atoms with E-state index in [-0.39, 0.29) is 11.2 Å². The van der Waals surface area contributed by atoms with Crippen molar-refractivity contribution in [1.29, 1.82) is 0 Å². The van der Waals surface area contributed by atoms with E-state index in [9.17, 15) is 9.18 Å². The summed E-state index contributed by atoms with van der Waals surface area (Å²) in [5, 5.41) is 1.35. The van der Waals surface area contributed by atoms with Crippen LogP contribution in [0.4, 0.5) is 4.39 Å². The molecule has 0 N–H and O–H groups in total. The van der Waals surface area contributed by atoms with Crippen molar-refractivity contribution in [1.82, 2.24) is 0 Å². The number of rotatable bonds is 5. The lowest BCUT2D eigenvalue weighted by Crippen LogP contribution is -2.08. The molecule has 0 fully saturated rings. The van der Waals surface area contributed by atoms with Crippen LogP contribution in [0.3, 0.4) is 0 Å². The molecule has 0 radical (unpaired) electrons. The molecule has 0 amide bonds. The molecule has 24 heavy (non-hydrogen) atoms. The van der Waals surface area contributed by atoms with Crippen LogP contribution in [0.2, 0.25) is 0 Å². The van der Waals surface area contributed by atoms with Crippen LogP contribution in [0.25, 0.3) is 22.3 Å². The van der Waals surface area contributed by atoms with Gasteiger partial charge in [-0.05, 0) is 55.8 Å². The molecular formula is C19H16BrFO3. The van der Waals surface area contributed by atoms with Gasteiger partial charge >= 0.3 is 0 Å². The van der Waals surface area contributed by atoms with Gasteiger partial charge in [-0.3, -0.25) is 4.79 Å². The van der Waals surface area contributed by atoms with Gasteiger partial charge in [-0.25, -0.2) is 4.39 Å². The van der Waals surface area contributed by atoms with Gasteiger partial charge in [-0.15, -0.1) is 0 Å². The fraction of sp³-hybridized carbons (Fsp3) is 0.211. The second-order valence-corrected chi connectivity index (χ2v) is 6.23. The quantitative estimate of drug-likeness (QED) is 0.450. The Hall–Kier alpha value is -2.14. The van der Waals surface area contributed by atoms with Crippen LogP contribution in [0.5, 0.6) is 5.75 Å². The summed E-state index contributed by atoms with van der Waals surface area (Å²) in [6.45, 7) is 2.29. The molecule has 2 aromatic carbocycles. The highest BCUT2D eigenvalue weighted by molar-refractivity contribution is 9.09. The van der Waals surface area contributed by atoms with Crippen molar-refractivity contribution >= 4 is 26.9 Å². The van der Waals surface area contributed by atoms with Crippen LogP contribution in [-0.2, 0) is 0 Å². The third-order valence-corrected chi connectivity index (χ3v) is 4.30. The number of halogens is 2. The zero-order chi connectivity index (χ0) is 17.1. The number of hydrogen-bond donors (Lipinski definition) is 0. The second kappa shape index (κ2) is 7.18. The summed E-state index contributed by atoms with van der Waals surface area (Å²) in [6.07, 6.45) is 0.884. The summed E-state index contributed by atoms with van der Waals surface area (Å²) in [6, 6.07) is 11.1. The van der Waals surface area contributed by atoms with Crippen LogP contribution in [0.1, 0.15) is 12.0 Å². The third kappa shape index (κ3) is 3.36. The lowest BCUT2D eigenvalue weighted by Gasteiger charge is -2.09. The van der Waals surface area contributed by atoms with Crippen molar-refractivity contribution in [3.8, 4) is 17.1 Å². The maximum atomic E-state index is 13.1. The molecule has 3 aromatic rings. The first-order valence-corrected chi connectivity index (χ1v) is 8.74. The number of alkyl halides is 1. The van der Waals surface area contributed by atoms with Gasteiger partial charge in [0, 0.05) is 16.5 Å². The first-order chi connectivity index (χ1) is 11.6. The van der Waals surface area contributed by atoms with Crippen molar-refractivity contribution in [2.75, 3.05) is 11.9 Å². The van der Waals surface area contributed by atoms with Gasteiger partial charge in [-0.2, -0.15) is 0 Å². The Kier molecular flexibility index (Phi) is 5.00. The van der Waals surface area contributed by atoms with E-state index in [1.165, 1.54) is 12.1 Å². The van der Waals surface area contributed by atoms with Crippen molar-refractivity contribution < 1.29 is 13.5 Å². The van der Waals surface area contributed by atoms with Gasteiger partial charge in [-0.1, -0.05) is 15.9 Å².